The average molecular weight is 321 g/mol. The molecule has 0 saturated carbocycles. The maximum absolute atomic E-state index is 6.08. The van der Waals surface area contributed by atoms with E-state index in [0.717, 1.165) is 31.9 Å². The van der Waals surface area contributed by atoms with Crippen LogP contribution in [-0.2, 0) is 0 Å². The molecule has 1 aromatic carbocycles. The Bertz CT molecular complexity index is 435. The summed E-state index contributed by atoms with van der Waals surface area (Å²) in [5.74, 6) is 1.03. The van der Waals surface area contributed by atoms with Gasteiger partial charge in [0.25, 0.3) is 0 Å². The molecule has 0 bridgehead atoms. The van der Waals surface area contributed by atoms with E-state index in [1.807, 2.05) is 0 Å². The van der Waals surface area contributed by atoms with Gasteiger partial charge in [0.05, 0.1) is 0 Å². The zero-order valence-electron chi connectivity index (χ0n) is 14.7. The molecule has 1 saturated heterocycles. The lowest BCUT2D eigenvalue weighted by atomic mass is 9.98. The fraction of sp³-hybridized carbons (Fsp3) is 0.667. The summed E-state index contributed by atoms with van der Waals surface area (Å²) in [6.07, 6.45) is 3.81. The highest BCUT2D eigenvalue weighted by molar-refractivity contribution is 6.70. The molecule has 1 fully saturated rings. The largest absolute Gasteiger partial charge is 0.544 e. The monoisotopic (exact) mass is 320 g/mol. The van der Waals surface area contributed by atoms with Gasteiger partial charge in [-0.15, -0.1) is 0 Å². The molecule has 0 aromatic heterocycles. The minimum Gasteiger partial charge on any atom is -0.544 e. The van der Waals surface area contributed by atoms with Gasteiger partial charge in [-0.05, 0) is 43.8 Å². The highest BCUT2D eigenvalue weighted by atomic mass is 28.4. The SMILES string of the molecule is CCCC[C@H](c1ccc(O[Si](C)(C)C)cc1)N1CCNCC1. The first-order chi connectivity index (χ1) is 10.5. The van der Waals surface area contributed by atoms with E-state index in [4.69, 9.17) is 4.43 Å². The lowest BCUT2D eigenvalue weighted by molar-refractivity contribution is 0.163. The van der Waals surface area contributed by atoms with Crippen LogP contribution in [0.1, 0.15) is 37.8 Å². The Hall–Kier alpha value is -0.843. The van der Waals surface area contributed by atoms with Crippen molar-refractivity contribution < 1.29 is 4.43 Å². The smallest absolute Gasteiger partial charge is 0.242 e. The summed E-state index contributed by atoms with van der Waals surface area (Å²) in [7, 11) is -1.51. The van der Waals surface area contributed by atoms with E-state index in [0.29, 0.717) is 6.04 Å². The van der Waals surface area contributed by atoms with Crippen LogP contribution in [-0.4, -0.2) is 39.4 Å². The van der Waals surface area contributed by atoms with E-state index in [9.17, 15) is 0 Å². The molecule has 1 aromatic rings. The maximum atomic E-state index is 6.08. The maximum Gasteiger partial charge on any atom is 0.242 e. The first-order valence-corrected chi connectivity index (χ1v) is 12.1. The summed E-state index contributed by atoms with van der Waals surface area (Å²) in [5, 5.41) is 3.45. The molecule has 4 heteroatoms. The van der Waals surface area contributed by atoms with E-state index < -0.39 is 8.32 Å². The predicted molar refractivity (Wildman–Crippen MR) is 97.1 cm³/mol. The van der Waals surface area contributed by atoms with Gasteiger partial charge in [0.1, 0.15) is 5.75 Å². The number of unbranched alkanes of at least 4 members (excludes halogenated alkanes) is 1. The fourth-order valence-corrected chi connectivity index (χ4v) is 3.91. The van der Waals surface area contributed by atoms with Gasteiger partial charge in [0, 0.05) is 32.2 Å². The molecule has 0 amide bonds. The molecule has 22 heavy (non-hydrogen) atoms. The van der Waals surface area contributed by atoms with Crippen LogP contribution in [0.5, 0.6) is 5.75 Å². The normalized spacial score (nSPS) is 18.2. The number of nitrogens with zero attached hydrogens (tertiary/aromatic N) is 1. The Morgan fingerprint density at radius 2 is 1.77 bits per heavy atom. The Morgan fingerprint density at radius 1 is 1.14 bits per heavy atom. The van der Waals surface area contributed by atoms with E-state index in [1.54, 1.807) is 0 Å². The number of rotatable bonds is 7. The first kappa shape index (κ1) is 17.5. The minimum atomic E-state index is -1.51. The van der Waals surface area contributed by atoms with Gasteiger partial charge >= 0.3 is 0 Å². The standard InChI is InChI=1S/C18H32N2OSi/c1-5-6-7-18(20-14-12-19-13-15-20)16-8-10-17(11-9-16)21-22(2,3)4/h8-11,18-19H,5-7,12-15H2,1-4H3/t18-/m1/s1. The van der Waals surface area contributed by atoms with Gasteiger partial charge in [-0.2, -0.15) is 0 Å². The van der Waals surface area contributed by atoms with Crippen LogP contribution in [0.2, 0.25) is 19.6 Å². The molecule has 0 unspecified atom stereocenters. The molecule has 0 aliphatic carbocycles. The third-order valence-electron chi connectivity index (χ3n) is 4.11. The van der Waals surface area contributed by atoms with Crippen LogP contribution in [0.3, 0.4) is 0 Å². The summed E-state index contributed by atoms with van der Waals surface area (Å²) in [4.78, 5) is 2.64. The van der Waals surface area contributed by atoms with E-state index >= 15 is 0 Å². The molecule has 1 aliphatic rings. The number of hydrogen-bond acceptors (Lipinski definition) is 3. The molecule has 0 radical (unpaired) electrons. The highest BCUT2D eigenvalue weighted by Gasteiger charge is 2.22. The average Bonchev–Trinajstić information content (AvgIpc) is 2.49. The topological polar surface area (TPSA) is 24.5 Å². The van der Waals surface area contributed by atoms with Crippen LogP contribution in [0, 0.1) is 0 Å². The van der Waals surface area contributed by atoms with E-state index in [-0.39, 0.29) is 0 Å². The molecule has 1 atom stereocenters. The second-order valence-corrected chi connectivity index (χ2v) is 11.7. The molecular weight excluding hydrogens is 288 g/mol. The lowest BCUT2D eigenvalue weighted by Gasteiger charge is -2.35. The Balaban J connectivity index is 2.09. The fourth-order valence-electron chi connectivity index (χ4n) is 3.06. The summed E-state index contributed by atoms with van der Waals surface area (Å²) >= 11 is 0. The molecule has 0 spiro atoms. The highest BCUT2D eigenvalue weighted by Crippen LogP contribution is 2.28. The van der Waals surface area contributed by atoms with Crippen molar-refractivity contribution in [2.75, 3.05) is 26.2 Å². The lowest BCUT2D eigenvalue weighted by Crippen LogP contribution is -2.45. The molecule has 3 nitrogen and oxygen atoms in total. The summed E-state index contributed by atoms with van der Waals surface area (Å²) < 4.78 is 6.08. The van der Waals surface area contributed by atoms with Gasteiger partial charge in [-0.25, -0.2) is 0 Å². The van der Waals surface area contributed by atoms with Gasteiger partial charge < -0.3 is 9.74 Å². The number of hydrogen-bond donors (Lipinski definition) is 1. The molecule has 1 aliphatic heterocycles. The molecule has 1 heterocycles. The van der Waals surface area contributed by atoms with Crippen LogP contribution < -0.4 is 9.74 Å². The molecule has 124 valence electrons. The number of benzene rings is 1. The minimum absolute atomic E-state index is 0.558. The van der Waals surface area contributed by atoms with Crippen molar-refractivity contribution in [1.82, 2.24) is 10.2 Å². The quantitative estimate of drug-likeness (QED) is 0.768. The first-order valence-electron chi connectivity index (χ1n) is 8.73. The Labute approximate surface area is 137 Å². The Morgan fingerprint density at radius 3 is 2.32 bits per heavy atom. The van der Waals surface area contributed by atoms with Crippen LogP contribution in [0.15, 0.2) is 24.3 Å². The van der Waals surface area contributed by atoms with Gasteiger partial charge in [0.2, 0.25) is 8.32 Å². The van der Waals surface area contributed by atoms with E-state index in [2.05, 4.69) is 61.0 Å². The second-order valence-electron chi connectivity index (χ2n) is 7.23. The second kappa shape index (κ2) is 8.13. The van der Waals surface area contributed by atoms with Crippen molar-refractivity contribution in [3.05, 3.63) is 29.8 Å². The zero-order chi connectivity index (χ0) is 16.0. The number of nitrogens with one attached hydrogen (secondary N) is 1. The van der Waals surface area contributed by atoms with Gasteiger partial charge in [-0.3, -0.25) is 4.90 Å². The summed E-state index contributed by atoms with van der Waals surface area (Å²) in [5.41, 5.74) is 1.44. The van der Waals surface area contributed by atoms with Crippen molar-refractivity contribution in [3.63, 3.8) is 0 Å². The third kappa shape index (κ3) is 5.41. The summed E-state index contributed by atoms with van der Waals surface area (Å²) in [6.45, 7) is 13.5. The predicted octanol–water partition coefficient (Wildman–Crippen LogP) is 4.04. The van der Waals surface area contributed by atoms with Crippen molar-refractivity contribution >= 4 is 8.32 Å². The Kier molecular flexibility index (Phi) is 6.47. The third-order valence-corrected chi connectivity index (χ3v) is 4.96. The van der Waals surface area contributed by atoms with Crippen LogP contribution in [0.4, 0.5) is 0 Å². The van der Waals surface area contributed by atoms with Crippen LogP contribution in [0.25, 0.3) is 0 Å². The number of piperazine rings is 1. The van der Waals surface area contributed by atoms with Gasteiger partial charge in [0.15, 0.2) is 0 Å². The summed E-state index contributed by atoms with van der Waals surface area (Å²) in [6, 6.07) is 9.43. The van der Waals surface area contributed by atoms with Crippen molar-refractivity contribution in [3.8, 4) is 5.75 Å². The zero-order valence-corrected chi connectivity index (χ0v) is 15.7. The van der Waals surface area contributed by atoms with E-state index in [1.165, 1.54) is 24.8 Å². The van der Waals surface area contributed by atoms with Crippen molar-refractivity contribution in [2.45, 2.75) is 51.9 Å². The molecule has 2 rings (SSSR count). The molecule has 1 N–H and O–H groups in total. The molecular formula is C18H32N2OSi. The van der Waals surface area contributed by atoms with Crippen molar-refractivity contribution in [1.29, 1.82) is 0 Å². The van der Waals surface area contributed by atoms with Crippen LogP contribution >= 0.6 is 0 Å². The van der Waals surface area contributed by atoms with Crippen molar-refractivity contribution in [2.24, 2.45) is 0 Å². The van der Waals surface area contributed by atoms with Gasteiger partial charge in [-0.1, -0.05) is 31.9 Å².